The van der Waals surface area contributed by atoms with Gasteiger partial charge in [-0.2, -0.15) is 11.8 Å². The minimum absolute atomic E-state index is 0.201. The van der Waals surface area contributed by atoms with Crippen LogP contribution >= 0.6 is 23.5 Å². The van der Waals surface area contributed by atoms with Crippen molar-refractivity contribution in [2.75, 3.05) is 31.4 Å². The number of carbonyl (C=O) groups excluding carboxylic acids is 3. The van der Waals surface area contributed by atoms with E-state index in [-0.39, 0.29) is 18.9 Å². The summed E-state index contributed by atoms with van der Waals surface area (Å²) in [7, 11) is 1.29. The number of hydrogen-bond donors (Lipinski definition) is 2. The van der Waals surface area contributed by atoms with Crippen molar-refractivity contribution in [3.8, 4) is 0 Å². The normalized spacial score (nSPS) is 25.2. The first-order valence-electron chi connectivity index (χ1n) is 11.6. The van der Waals surface area contributed by atoms with Crippen LogP contribution in [0.2, 0.25) is 0 Å². The second-order valence-corrected chi connectivity index (χ2v) is 10.9. The van der Waals surface area contributed by atoms with Gasteiger partial charge in [0.15, 0.2) is 0 Å². The first-order chi connectivity index (χ1) is 17.3. The molecule has 2 aromatic carbocycles. The number of carboxylic acid groups (broad SMARTS) is 1. The molecule has 2 aliphatic rings. The summed E-state index contributed by atoms with van der Waals surface area (Å²) in [4.78, 5) is 54.0. The molecule has 0 aliphatic carbocycles. The van der Waals surface area contributed by atoms with Crippen molar-refractivity contribution < 1.29 is 29.0 Å². The molecule has 0 spiro atoms. The molecular formula is C26H28N2O6S2. The van der Waals surface area contributed by atoms with Gasteiger partial charge in [0.05, 0.1) is 24.5 Å². The molecule has 2 amide bonds. The number of carboxylic acids is 1. The zero-order valence-corrected chi connectivity index (χ0v) is 21.6. The van der Waals surface area contributed by atoms with E-state index < -0.39 is 41.3 Å². The number of rotatable bonds is 10. The Morgan fingerprint density at radius 2 is 1.75 bits per heavy atom. The molecule has 2 fully saturated rings. The van der Waals surface area contributed by atoms with E-state index in [1.165, 1.54) is 35.5 Å². The van der Waals surface area contributed by atoms with Crippen LogP contribution in [0.15, 0.2) is 59.5 Å². The third kappa shape index (κ3) is 4.77. The van der Waals surface area contributed by atoms with Gasteiger partial charge in [0.2, 0.25) is 11.8 Å². The van der Waals surface area contributed by atoms with Gasteiger partial charge in [-0.15, -0.1) is 11.8 Å². The monoisotopic (exact) mass is 528 g/mol. The smallest absolute Gasteiger partial charge is 0.337 e. The molecular weight excluding hydrogens is 500 g/mol. The average molecular weight is 529 g/mol. The highest BCUT2D eigenvalue weighted by atomic mass is 32.2. The van der Waals surface area contributed by atoms with E-state index in [2.05, 4.69) is 5.32 Å². The summed E-state index contributed by atoms with van der Waals surface area (Å²) < 4.78 is 4.75. The summed E-state index contributed by atoms with van der Waals surface area (Å²) >= 11 is 3.03. The minimum Gasteiger partial charge on any atom is -0.480 e. The van der Waals surface area contributed by atoms with Gasteiger partial charge in [0.25, 0.3) is 0 Å². The van der Waals surface area contributed by atoms with Crippen LogP contribution in [0.5, 0.6) is 0 Å². The van der Waals surface area contributed by atoms with Gasteiger partial charge in [-0.3, -0.25) is 24.6 Å². The Morgan fingerprint density at radius 1 is 1.06 bits per heavy atom. The fraction of sp³-hybridized carbons (Fsp3) is 0.385. The Morgan fingerprint density at radius 3 is 2.36 bits per heavy atom. The lowest BCUT2D eigenvalue weighted by atomic mass is 9.78. The van der Waals surface area contributed by atoms with Crippen molar-refractivity contribution in [1.82, 2.24) is 10.2 Å². The molecule has 4 unspecified atom stereocenters. The summed E-state index contributed by atoms with van der Waals surface area (Å²) in [6, 6.07) is 15.5. The first-order valence-corrected chi connectivity index (χ1v) is 13.9. The van der Waals surface area contributed by atoms with E-state index in [9.17, 15) is 24.3 Å². The van der Waals surface area contributed by atoms with Gasteiger partial charge in [-0.1, -0.05) is 30.3 Å². The Bertz CT molecular complexity index is 1140. The SMILES string of the molecule is COC(=O)c1ccc(C2NC(CCSC)(C(=O)O)C3C(=O)N(CCSc4ccccc4)C(=O)C23)cc1. The molecule has 4 rings (SSSR count). The van der Waals surface area contributed by atoms with Crippen molar-refractivity contribution >= 4 is 47.3 Å². The van der Waals surface area contributed by atoms with E-state index in [0.29, 0.717) is 22.6 Å². The molecule has 4 atom stereocenters. The number of nitrogens with zero attached hydrogens (tertiary/aromatic N) is 1. The summed E-state index contributed by atoms with van der Waals surface area (Å²) in [5.41, 5.74) is -0.574. The van der Waals surface area contributed by atoms with Gasteiger partial charge in [0, 0.05) is 23.2 Å². The molecule has 0 bridgehead atoms. The fourth-order valence-corrected chi connectivity index (χ4v) is 6.47. The molecule has 2 saturated heterocycles. The highest BCUT2D eigenvalue weighted by molar-refractivity contribution is 7.99. The third-order valence-corrected chi connectivity index (χ3v) is 8.45. The number of fused-ring (bicyclic) bond motifs is 1. The molecule has 0 aromatic heterocycles. The number of amides is 2. The van der Waals surface area contributed by atoms with E-state index in [0.717, 1.165) is 4.90 Å². The number of hydrogen-bond acceptors (Lipinski definition) is 8. The Kier molecular flexibility index (Phi) is 8.07. The van der Waals surface area contributed by atoms with Crippen LogP contribution < -0.4 is 5.32 Å². The van der Waals surface area contributed by atoms with Crippen molar-refractivity contribution in [2.24, 2.45) is 11.8 Å². The van der Waals surface area contributed by atoms with Gasteiger partial charge >= 0.3 is 11.9 Å². The largest absolute Gasteiger partial charge is 0.480 e. The minimum atomic E-state index is -1.56. The molecule has 190 valence electrons. The highest BCUT2D eigenvalue weighted by Gasteiger charge is 2.68. The molecule has 2 heterocycles. The number of ether oxygens (including phenoxy) is 1. The molecule has 2 aliphatic heterocycles. The Hall–Kier alpha value is -2.82. The summed E-state index contributed by atoms with van der Waals surface area (Å²) in [6.07, 6.45) is 2.08. The maximum atomic E-state index is 13.6. The van der Waals surface area contributed by atoms with Crippen molar-refractivity contribution in [1.29, 1.82) is 0 Å². The standard InChI is InChI=1S/C26H28N2O6S2/c1-34-24(31)17-10-8-16(9-11-17)21-19-20(26(27-21,25(32)33)12-14-35-2)23(30)28(22(19)29)13-15-36-18-6-4-3-5-7-18/h3-11,19-21,27H,12-15H2,1-2H3,(H,32,33). The van der Waals surface area contributed by atoms with Crippen molar-refractivity contribution in [3.63, 3.8) is 0 Å². The predicted octanol–water partition coefficient (Wildman–Crippen LogP) is 3.09. The topological polar surface area (TPSA) is 113 Å². The van der Waals surface area contributed by atoms with Gasteiger partial charge < -0.3 is 9.84 Å². The molecule has 8 nitrogen and oxygen atoms in total. The maximum Gasteiger partial charge on any atom is 0.337 e. The molecule has 10 heteroatoms. The lowest BCUT2D eigenvalue weighted by molar-refractivity contribution is -0.151. The number of nitrogens with one attached hydrogen (secondary N) is 1. The van der Waals surface area contributed by atoms with Crippen molar-refractivity contribution in [3.05, 3.63) is 65.7 Å². The molecule has 36 heavy (non-hydrogen) atoms. The Labute approximate surface area is 218 Å². The zero-order chi connectivity index (χ0) is 25.9. The van der Waals surface area contributed by atoms with Crippen LogP contribution in [0.4, 0.5) is 0 Å². The lowest BCUT2D eigenvalue weighted by Crippen LogP contribution is -2.56. The second kappa shape index (κ2) is 11.1. The molecule has 0 saturated carbocycles. The van der Waals surface area contributed by atoms with Crippen molar-refractivity contribution in [2.45, 2.75) is 22.9 Å². The molecule has 0 radical (unpaired) electrons. The van der Waals surface area contributed by atoms with E-state index >= 15 is 0 Å². The van der Waals surface area contributed by atoms with Gasteiger partial charge in [0.1, 0.15) is 5.54 Å². The summed E-state index contributed by atoms with van der Waals surface area (Å²) in [5, 5.41) is 13.5. The summed E-state index contributed by atoms with van der Waals surface area (Å²) in [5.74, 6) is -3.26. The van der Waals surface area contributed by atoms with Crippen LogP contribution in [0.25, 0.3) is 0 Å². The number of likely N-dealkylation sites (tertiary alicyclic amines) is 1. The number of carbonyl (C=O) groups is 4. The van der Waals surface area contributed by atoms with E-state index in [1.807, 2.05) is 36.6 Å². The summed E-state index contributed by atoms with van der Waals surface area (Å²) in [6.45, 7) is 0.205. The van der Waals surface area contributed by atoms with Crippen LogP contribution in [-0.2, 0) is 19.1 Å². The zero-order valence-electron chi connectivity index (χ0n) is 20.0. The number of benzene rings is 2. The van der Waals surface area contributed by atoms with Crippen LogP contribution in [0.1, 0.15) is 28.4 Å². The first kappa shape index (κ1) is 26.2. The van der Waals surface area contributed by atoms with E-state index in [4.69, 9.17) is 4.74 Å². The fourth-order valence-electron chi connectivity index (χ4n) is 5.08. The van der Waals surface area contributed by atoms with Gasteiger partial charge in [-0.05, 0) is 48.3 Å². The second-order valence-electron chi connectivity index (χ2n) is 8.75. The van der Waals surface area contributed by atoms with Gasteiger partial charge in [-0.25, -0.2) is 4.79 Å². The lowest BCUT2D eigenvalue weighted by Gasteiger charge is -2.31. The number of aliphatic carboxylic acids is 1. The quantitative estimate of drug-likeness (QED) is 0.273. The van der Waals surface area contributed by atoms with Crippen LogP contribution in [0.3, 0.4) is 0 Å². The highest BCUT2D eigenvalue weighted by Crippen LogP contribution is 2.50. The van der Waals surface area contributed by atoms with E-state index in [1.54, 1.807) is 24.3 Å². The van der Waals surface area contributed by atoms with Crippen LogP contribution in [0, 0.1) is 11.8 Å². The predicted molar refractivity (Wildman–Crippen MR) is 138 cm³/mol. The number of thioether (sulfide) groups is 2. The average Bonchev–Trinajstić information content (AvgIpc) is 3.37. The van der Waals surface area contributed by atoms with Crippen LogP contribution in [-0.4, -0.2) is 70.7 Å². The maximum absolute atomic E-state index is 13.6. The number of imide groups is 1. The number of esters is 1. The third-order valence-electron chi connectivity index (χ3n) is 6.85. The molecule has 2 N–H and O–H groups in total. The number of methoxy groups -OCH3 is 1. The molecule has 2 aromatic rings. The Balaban J connectivity index is 1.64.